The molecule has 2 aliphatic rings. The van der Waals surface area contributed by atoms with Crippen molar-refractivity contribution in [2.24, 2.45) is 0 Å². The van der Waals surface area contributed by atoms with E-state index in [-0.39, 0.29) is 36.4 Å². The first-order valence-corrected chi connectivity index (χ1v) is 9.28. The number of hydrogen-bond acceptors (Lipinski definition) is 5. The molecule has 1 aromatic heterocycles. The van der Waals surface area contributed by atoms with Crippen LogP contribution in [-0.2, 0) is 9.59 Å². The third-order valence-electron chi connectivity index (χ3n) is 5.34. The van der Waals surface area contributed by atoms with Crippen LogP contribution in [0.5, 0.6) is 5.75 Å². The number of carbonyl (C=O) groups excluding carboxylic acids is 3. The second-order valence-corrected chi connectivity index (χ2v) is 7.26. The summed E-state index contributed by atoms with van der Waals surface area (Å²) in [4.78, 5) is 42.8. The van der Waals surface area contributed by atoms with Crippen LogP contribution in [-0.4, -0.2) is 64.9 Å². The fourth-order valence-corrected chi connectivity index (χ4v) is 3.64. The molecule has 0 bridgehead atoms. The van der Waals surface area contributed by atoms with Gasteiger partial charge in [0.15, 0.2) is 0 Å². The average molecular weight is 374 g/mol. The van der Waals surface area contributed by atoms with Gasteiger partial charge >= 0.3 is 6.03 Å². The molecule has 27 heavy (non-hydrogen) atoms. The normalized spacial score (nSPS) is 25.7. The van der Waals surface area contributed by atoms with E-state index in [1.807, 2.05) is 19.1 Å². The molecule has 1 aliphatic heterocycles. The van der Waals surface area contributed by atoms with E-state index < -0.39 is 6.04 Å². The molecule has 1 atom stereocenters. The van der Waals surface area contributed by atoms with Crippen LogP contribution in [0, 0.1) is 6.92 Å². The molecule has 2 fully saturated rings. The van der Waals surface area contributed by atoms with Gasteiger partial charge in [-0.25, -0.2) is 4.79 Å². The molecule has 0 spiro atoms. The topological polar surface area (TPSA) is 91.8 Å². The van der Waals surface area contributed by atoms with Gasteiger partial charge in [0, 0.05) is 26.3 Å². The average Bonchev–Trinajstić information content (AvgIpc) is 2.83. The molecule has 1 aliphatic carbocycles. The van der Waals surface area contributed by atoms with Gasteiger partial charge in [-0.1, -0.05) is 0 Å². The van der Waals surface area contributed by atoms with Crippen molar-refractivity contribution in [3.05, 3.63) is 24.0 Å². The van der Waals surface area contributed by atoms with E-state index in [9.17, 15) is 14.4 Å². The highest BCUT2D eigenvalue weighted by atomic mass is 16.5. The van der Waals surface area contributed by atoms with Crippen molar-refractivity contribution in [3.8, 4) is 5.75 Å². The maximum absolute atomic E-state index is 12.3. The van der Waals surface area contributed by atoms with Crippen molar-refractivity contribution < 1.29 is 19.1 Å². The highest BCUT2D eigenvalue weighted by molar-refractivity contribution is 6.05. The van der Waals surface area contributed by atoms with Crippen molar-refractivity contribution >= 4 is 17.8 Å². The van der Waals surface area contributed by atoms with Crippen LogP contribution in [0.15, 0.2) is 18.3 Å². The quantitative estimate of drug-likeness (QED) is 0.788. The van der Waals surface area contributed by atoms with Gasteiger partial charge in [0.2, 0.25) is 5.91 Å². The molecule has 2 heterocycles. The lowest BCUT2D eigenvalue weighted by Crippen LogP contribution is -2.43. The Bertz CT molecular complexity index is 730. The zero-order valence-electron chi connectivity index (χ0n) is 16.0. The molecule has 1 saturated heterocycles. The van der Waals surface area contributed by atoms with Crippen LogP contribution in [0.3, 0.4) is 0 Å². The Morgan fingerprint density at radius 2 is 1.96 bits per heavy atom. The molecular weight excluding hydrogens is 348 g/mol. The number of aromatic nitrogens is 1. The molecule has 3 rings (SSSR count). The van der Waals surface area contributed by atoms with E-state index in [1.165, 1.54) is 11.9 Å². The number of amides is 4. The minimum atomic E-state index is -0.712. The molecule has 1 N–H and O–H groups in total. The second-order valence-electron chi connectivity index (χ2n) is 7.26. The summed E-state index contributed by atoms with van der Waals surface area (Å²) in [5.74, 6) is 0.277. The Balaban J connectivity index is 1.45. The van der Waals surface area contributed by atoms with Crippen LogP contribution in [0.2, 0.25) is 0 Å². The van der Waals surface area contributed by atoms with Crippen LogP contribution >= 0.6 is 0 Å². The lowest BCUT2D eigenvalue weighted by atomic mass is 9.92. The number of rotatable bonds is 5. The van der Waals surface area contributed by atoms with Gasteiger partial charge < -0.3 is 15.0 Å². The number of carbonyl (C=O) groups is 3. The Morgan fingerprint density at radius 3 is 2.56 bits per heavy atom. The van der Waals surface area contributed by atoms with E-state index >= 15 is 0 Å². The summed E-state index contributed by atoms with van der Waals surface area (Å²) in [6.07, 6.45) is 5.20. The Morgan fingerprint density at radius 1 is 1.26 bits per heavy atom. The highest BCUT2D eigenvalue weighted by Crippen LogP contribution is 2.25. The van der Waals surface area contributed by atoms with Crippen molar-refractivity contribution in [2.75, 3.05) is 14.1 Å². The monoisotopic (exact) mass is 374 g/mol. The Kier molecular flexibility index (Phi) is 5.62. The predicted molar refractivity (Wildman–Crippen MR) is 98.1 cm³/mol. The molecule has 0 aromatic carbocycles. The van der Waals surface area contributed by atoms with E-state index in [2.05, 4.69) is 10.3 Å². The minimum Gasteiger partial charge on any atom is -0.489 e. The van der Waals surface area contributed by atoms with Crippen molar-refractivity contribution in [3.63, 3.8) is 0 Å². The maximum Gasteiger partial charge on any atom is 0.326 e. The molecule has 146 valence electrons. The fraction of sp³-hybridized carbons (Fsp3) is 0.579. The zero-order chi connectivity index (χ0) is 19.6. The van der Waals surface area contributed by atoms with Crippen LogP contribution in [0.25, 0.3) is 0 Å². The maximum atomic E-state index is 12.3. The highest BCUT2D eigenvalue weighted by Gasteiger charge is 2.42. The summed E-state index contributed by atoms with van der Waals surface area (Å²) >= 11 is 0. The van der Waals surface area contributed by atoms with Crippen LogP contribution < -0.4 is 10.1 Å². The number of urea groups is 1. The molecule has 4 amide bonds. The minimum absolute atomic E-state index is 0.00325. The fourth-order valence-electron chi connectivity index (χ4n) is 3.64. The van der Waals surface area contributed by atoms with Gasteiger partial charge in [0.25, 0.3) is 5.91 Å². The lowest BCUT2D eigenvalue weighted by Gasteiger charge is -2.30. The number of nitrogens with one attached hydrogen (secondary N) is 1. The largest absolute Gasteiger partial charge is 0.489 e. The van der Waals surface area contributed by atoms with Crippen molar-refractivity contribution in [1.82, 2.24) is 20.1 Å². The summed E-state index contributed by atoms with van der Waals surface area (Å²) in [7, 11) is 2.98. The molecular formula is C19H26N4O4. The van der Waals surface area contributed by atoms with Gasteiger partial charge in [0.1, 0.15) is 11.8 Å². The zero-order valence-corrected chi connectivity index (χ0v) is 16.0. The molecule has 8 nitrogen and oxygen atoms in total. The van der Waals surface area contributed by atoms with Gasteiger partial charge in [-0.15, -0.1) is 0 Å². The lowest BCUT2D eigenvalue weighted by molar-refractivity contribution is -0.131. The van der Waals surface area contributed by atoms with Crippen molar-refractivity contribution in [1.29, 1.82) is 0 Å². The smallest absolute Gasteiger partial charge is 0.326 e. The summed E-state index contributed by atoms with van der Waals surface area (Å²) in [6.45, 7) is 1.92. The molecule has 8 heteroatoms. The van der Waals surface area contributed by atoms with Crippen LogP contribution in [0.4, 0.5) is 4.79 Å². The number of pyridine rings is 1. The molecule has 1 aromatic rings. The Hall–Kier alpha value is -2.64. The number of nitrogens with zero attached hydrogens (tertiary/aromatic N) is 3. The first-order valence-electron chi connectivity index (χ1n) is 9.28. The Labute approximate surface area is 158 Å². The number of ether oxygens (including phenoxy) is 1. The predicted octanol–water partition coefficient (Wildman–Crippen LogP) is 1.48. The molecule has 1 saturated carbocycles. The first-order chi connectivity index (χ1) is 12.9. The summed E-state index contributed by atoms with van der Waals surface area (Å²) in [5, 5.41) is 3.00. The summed E-state index contributed by atoms with van der Waals surface area (Å²) < 4.78 is 6.03. The van der Waals surface area contributed by atoms with Gasteiger partial charge in [0.05, 0.1) is 18.2 Å². The second kappa shape index (κ2) is 7.94. The summed E-state index contributed by atoms with van der Waals surface area (Å²) in [6, 6.07) is 2.76. The van der Waals surface area contributed by atoms with E-state index in [0.717, 1.165) is 42.0 Å². The number of hydrogen-bond donors (Lipinski definition) is 1. The van der Waals surface area contributed by atoms with E-state index in [0.29, 0.717) is 0 Å². The summed E-state index contributed by atoms with van der Waals surface area (Å²) in [5.41, 5.74) is 0.873. The number of aryl methyl sites for hydroxylation is 1. The van der Waals surface area contributed by atoms with E-state index in [4.69, 9.17) is 4.74 Å². The first kappa shape index (κ1) is 19.1. The van der Waals surface area contributed by atoms with Gasteiger partial charge in [-0.2, -0.15) is 0 Å². The SMILES string of the molecule is Cc1ncccc1OC1CCC(NC(=O)CC2C(=O)N(C)C(=O)N2C)CC1. The molecule has 1 unspecified atom stereocenters. The van der Waals surface area contributed by atoms with E-state index in [1.54, 1.807) is 13.2 Å². The van der Waals surface area contributed by atoms with Gasteiger partial charge in [-0.05, 0) is 44.7 Å². The number of imide groups is 1. The number of likely N-dealkylation sites (N-methyl/N-ethyl adjacent to an activating group) is 2. The van der Waals surface area contributed by atoms with Gasteiger partial charge in [-0.3, -0.25) is 19.5 Å². The molecule has 0 radical (unpaired) electrons. The third-order valence-corrected chi connectivity index (χ3v) is 5.34. The third kappa shape index (κ3) is 4.20. The van der Waals surface area contributed by atoms with Crippen LogP contribution in [0.1, 0.15) is 37.8 Å². The standard InChI is InChI=1S/C19H26N4O4/c1-12-16(5-4-10-20-12)27-14-8-6-13(7-9-14)21-17(24)11-15-18(25)23(3)19(26)22(15)2/h4-5,10,13-15H,6-9,11H2,1-3H3,(H,21,24). The van der Waals surface area contributed by atoms with Crippen molar-refractivity contribution in [2.45, 2.75) is 57.2 Å².